The van der Waals surface area contributed by atoms with E-state index < -0.39 is 6.10 Å². The summed E-state index contributed by atoms with van der Waals surface area (Å²) in [7, 11) is 0. The smallest absolute Gasteiger partial charge is 0.343 e. The summed E-state index contributed by atoms with van der Waals surface area (Å²) in [5.74, 6) is 0.512. The Morgan fingerprint density at radius 3 is 2.74 bits per heavy atom. The third-order valence-electron chi connectivity index (χ3n) is 3.67. The molecule has 0 bridgehead atoms. The zero-order valence-electron chi connectivity index (χ0n) is 15.5. The molecule has 0 fully saturated rings. The predicted octanol–water partition coefficient (Wildman–Crippen LogP) is 2.08. The van der Waals surface area contributed by atoms with Crippen LogP contribution in [0, 0.1) is 0 Å². The molecule has 0 aliphatic rings. The van der Waals surface area contributed by atoms with Crippen LogP contribution in [-0.2, 0) is 11.3 Å². The number of aromatic nitrogens is 3. The summed E-state index contributed by atoms with van der Waals surface area (Å²) in [5.41, 5.74) is 0.210. The number of esters is 1. The van der Waals surface area contributed by atoms with Crippen LogP contribution >= 0.6 is 11.8 Å². The zero-order chi connectivity index (χ0) is 19.6. The van der Waals surface area contributed by atoms with Crippen LogP contribution in [-0.4, -0.2) is 50.9 Å². The van der Waals surface area contributed by atoms with Gasteiger partial charge >= 0.3 is 11.7 Å². The molecule has 0 saturated heterocycles. The molecule has 27 heavy (non-hydrogen) atoms. The zero-order valence-corrected chi connectivity index (χ0v) is 16.3. The number of rotatable bonds is 11. The number of unbranched alkanes of at least 4 members (excludes halogenated alkanes) is 1. The van der Waals surface area contributed by atoms with Gasteiger partial charge in [0.25, 0.3) is 0 Å². The van der Waals surface area contributed by atoms with Crippen LogP contribution in [0.3, 0.4) is 0 Å². The molecule has 0 aliphatic heterocycles. The van der Waals surface area contributed by atoms with Crippen LogP contribution in [0.25, 0.3) is 0 Å². The Balaban J connectivity index is 1.80. The van der Waals surface area contributed by atoms with Crippen LogP contribution in [0.15, 0.2) is 34.2 Å². The van der Waals surface area contributed by atoms with Crippen LogP contribution in [0.4, 0.5) is 0 Å². The van der Waals surface area contributed by atoms with E-state index in [1.165, 1.54) is 11.8 Å². The topological polar surface area (TPSA) is 106 Å². The number of nitrogens with one attached hydrogen (secondary N) is 1. The van der Waals surface area contributed by atoms with E-state index in [1.54, 1.807) is 35.8 Å². The summed E-state index contributed by atoms with van der Waals surface area (Å²) in [6.45, 7) is 4.82. The summed E-state index contributed by atoms with van der Waals surface area (Å²) in [5, 5.41) is 17.1. The van der Waals surface area contributed by atoms with E-state index in [0.717, 1.165) is 12.8 Å². The molecule has 0 aliphatic carbocycles. The number of aromatic amines is 1. The molecule has 0 amide bonds. The second kappa shape index (κ2) is 10.8. The van der Waals surface area contributed by atoms with Gasteiger partial charge < -0.3 is 14.6 Å². The van der Waals surface area contributed by atoms with Crippen molar-refractivity contribution in [2.45, 2.75) is 44.5 Å². The van der Waals surface area contributed by atoms with Crippen molar-refractivity contribution in [1.29, 1.82) is 0 Å². The van der Waals surface area contributed by atoms with Crippen molar-refractivity contribution in [3.63, 3.8) is 0 Å². The van der Waals surface area contributed by atoms with Crippen molar-refractivity contribution < 1.29 is 19.4 Å². The van der Waals surface area contributed by atoms with Crippen LogP contribution in [0.1, 0.15) is 37.0 Å². The molecule has 0 radical (unpaired) electrons. The average molecular weight is 395 g/mol. The number of hydrogen-bond acceptors (Lipinski definition) is 7. The Kier molecular flexibility index (Phi) is 8.41. The lowest BCUT2D eigenvalue weighted by Gasteiger charge is -2.12. The van der Waals surface area contributed by atoms with Gasteiger partial charge in [-0.25, -0.2) is 14.7 Å². The fourth-order valence-corrected chi connectivity index (χ4v) is 3.12. The highest BCUT2D eigenvalue weighted by Crippen LogP contribution is 2.17. The van der Waals surface area contributed by atoms with Gasteiger partial charge in [-0.15, -0.1) is 5.10 Å². The number of aliphatic hydroxyl groups excluding tert-OH is 1. The summed E-state index contributed by atoms with van der Waals surface area (Å²) >= 11 is 1.30. The number of H-pyrrole nitrogens is 1. The highest BCUT2D eigenvalue weighted by molar-refractivity contribution is 7.99. The first-order valence-electron chi connectivity index (χ1n) is 8.91. The molecule has 2 rings (SSSR count). The summed E-state index contributed by atoms with van der Waals surface area (Å²) < 4.78 is 12.0. The number of hydrogen-bond donors (Lipinski definition) is 2. The Hall–Kier alpha value is -2.26. The van der Waals surface area contributed by atoms with Crippen molar-refractivity contribution in [1.82, 2.24) is 14.8 Å². The monoisotopic (exact) mass is 395 g/mol. The van der Waals surface area contributed by atoms with E-state index in [9.17, 15) is 14.7 Å². The number of nitrogens with zero attached hydrogens (tertiary/aromatic N) is 2. The quantitative estimate of drug-likeness (QED) is 0.443. The molecule has 2 N–H and O–H groups in total. The number of aliphatic hydroxyl groups is 1. The second-order valence-electron chi connectivity index (χ2n) is 5.84. The number of carbonyl (C=O) groups is 1. The molecule has 1 aromatic carbocycles. The molecular weight excluding hydrogens is 370 g/mol. The largest absolute Gasteiger partial charge is 0.491 e. The molecule has 148 valence electrons. The van der Waals surface area contributed by atoms with E-state index in [2.05, 4.69) is 17.1 Å². The fourth-order valence-electron chi connectivity index (χ4n) is 2.24. The van der Waals surface area contributed by atoms with Crippen LogP contribution < -0.4 is 10.4 Å². The Bertz CT molecular complexity index is 772. The van der Waals surface area contributed by atoms with E-state index in [4.69, 9.17) is 9.47 Å². The normalized spacial score (nSPS) is 12.0. The van der Waals surface area contributed by atoms with Crippen LogP contribution in [0.5, 0.6) is 5.75 Å². The molecule has 1 aromatic heterocycles. The lowest BCUT2D eigenvalue weighted by atomic mass is 10.2. The van der Waals surface area contributed by atoms with Gasteiger partial charge in [0.05, 0.1) is 18.3 Å². The van der Waals surface area contributed by atoms with Gasteiger partial charge in [0.2, 0.25) is 0 Å². The van der Waals surface area contributed by atoms with Gasteiger partial charge in [-0.05, 0) is 37.6 Å². The molecular formula is C18H25N3O5S. The van der Waals surface area contributed by atoms with Crippen molar-refractivity contribution in [3.8, 4) is 5.75 Å². The molecule has 9 heteroatoms. The van der Waals surface area contributed by atoms with Crippen molar-refractivity contribution in [2.24, 2.45) is 0 Å². The van der Waals surface area contributed by atoms with Crippen molar-refractivity contribution >= 4 is 17.7 Å². The summed E-state index contributed by atoms with van der Waals surface area (Å²) in [6.07, 6.45) is 1.14. The maximum Gasteiger partial charge on any atom is 0.343 e. The van der Waals surface area contributed by atoms with Gasteiger partial charge in [-0.3, -0.25) is 4.57 Å². The number of ether oxygens (including phenoxy) is 2. The molecule has 1 heterocycles. The van der Waals surface area contributed by atoms with Crippen molar-refractivity contribution in [3.05, 3.63) is 40.3 Å². The highest BCUT2D eigenvalue weighted by atomic mass is 32.2. The first-order chi connectivity index (χ1) is 13.0. The molecule has 8 nitrogen and oxygen atoms in total. The lowest BCUT2D eigenvalue weighted by molar-refractivity contribution is 0.0526. The third kappa shape index (κ3) is 6.44. The first kappa shape index (κ1) is 21.0. The van der Waals surface area contributed by atoms with Gasteiger partial charge in [-0.2, -0.15) is 0 Å². The fraction of sp³-hybridized carbons (Fsp3) is 0.500. The SMILES string of the molecule is CCCCn1c(SC[C@H](O)COc2ccc(C(=O)OCC)cc2)n[nH]c1=O. The maximum absolute atomic E-state index is 11.7. The van der Waals surface area contributed by atoms with E-state index in [0.29, 0.717) is 35.4 Å². The van der Waals surface area contributed by atoms with Crippen molar-refractivity contribution in [2.75, 3.05) is 19.0 Å². The minimum atomic E-state index is -0.730. The van der Waals surface area contributed by atoms with Gasteiger partial charge in [-0.1, -0.05) is 25.1 Å². The summed E-state index contributed by atoms with van der Waals surface area (Å²) in [4.78, 5) is 23.3. The maximum atomic E-state index is 11.7. The lowest BCUT2D eigenvalue weighted by Crippen LogP contribution is -2.21. The second-order valence-corrected chi connectivity index (χ2v) is 6.82. The van der Waals surface area contributed by atoms with E-state index in [1.807, 2.05) is 0 Å². The van der Waals surface area contributed by atoms with Crippen LogP contribution in [0.2, 0.25) is 0 Å². The standard InChI is InChI=1S/C18H25N3O5S/c1-3-5-10-21-17(24)19-20-18(21)27-12-14(22)11-26-15-8-6-13(7-9-15)16(23)25-4-2/h6-9,14,22H,3-5,10-12H2,1-2H3,(H,19,24)/t14-/m1/s1. The Morgan fingerprint density at radius 1 is 1.33 bits per heavy atom. The molecule has 2 aromatic rings. The minimum absolute atomic E-state index is 0.0926. The Morgan fingerprint density at radius 2 is 2.07 bits per heavy atom. The van der Waals surface area contributed by atoms with Gasteiger partial charge in [0, 0.05) is 12.3 Å². The molecule has 0 spiro atoms. The molecule has 1 atom stereocenters. The Labute approximate surface area is 161 Å². The van der Waals surface area contributed by atoms with Gasteiger partial charge in [0.1, 0.15) is 12.4 Å². The highest BCUT2D eigenvalue weighted by Gasteiger charge is 2.13. The third-order valence-corrected chi connectivity index (χ3v) is 4.79. The van der Waals surface area contributed by atoms with Gasteiger partial charge in [0.15, 0.2) is 5.16 Å². The minimum Gasteiger partial charge on any atom is -0.491 e. The van der Waals surface area contributed by atoms with E-state index >= 15 is 0 Å². The first-order valence-corrected chi connectivity index (χ1v) is 9.89. The summed E-state index contributed by atoms with van der Waals surface area (Å²) in [6, 6.07) is 6.54. The predicted molar refractivity (Wildman–Crippen MR) is 102 cm³/mol. The number of benzene rings is 1. The molecule has 0 unspecified atom stereocenters. The molecule has 0 saturated carbocycles. The average Bonchev–Trinajstić information content (AvgIpc) is 3.03. The number of carbonyl (C=O) groups excluding carboxylic acids is 1. The number of thioether (sulfide) groups is 1. The van der Waals surface area contributed by atoms with E-state index in [-0.39, 0.29) is 18.3 Å².